The van der Waals surface area contributed by atoms with Crippen LogP contribution in [0.15, 0.2) is 59.7 Å². The van der Waals surface area contributed by atoms with E-state index < -0.39 is 6.67 Å². The van der Waals surface area contributed by atoms with Crippen molar-refractivity contribution < 1.29 is 9.18 Å². The van der Waals surface area contributed by atoms with Crippen molar-refractivity contribution in [2.45, 2.75) is 51.9 Å². The van der Waals surface area contributed by atoms with Crippen LogP contribution in [0.1, 0.15) is 55.3 Å². The minimum atomic E-state index is -0.500. The second-order valence-corrected chi connectivity index (χ2v) is 7.18. The molecule has 2 aromatic rings. The quantitative estimate of drug-likeness (QED) is 0.636. The molecule has 1 unspecified atom stereocenters. The van der Waals surface area contributed by atoms with Gasteiger partial charge in [0.1, 0.15) is 12.4 Å². The molecule has 5 heteroatoms. The molecule has 1 N–H and O–H groups in total. The van der Waals surface area contributed by atoms with Crippen molar-refractivity contribution in [1.82, 2.24) is 10.3 Å². The number of amides is 1. The number of rotatable bonds is 9. The summed E-state index contributed by atoms with van der Waals surface area (Å²) in [6.07, 6.45) is 3.97. The molecule has 28 heavy (non-hydrogen) atoms. The highest BCUT2D eigenvalue weighted by Gasteiger charge is 2.30. The third-order valence-corrected chi connectivity index (χ3v) is 5.03. The molecule has 0 spiro atoms. The molecule has 2 aromatic carbocycles. The van der Waals surface area contributed by atoms with Crippen LogP contribution in [-0.2, 0) is 18.0 Å². The van der Waals surface area contributed by atoms with E-state index in [9.17, 15) is 9.18 Å². The van der Waals surface area contributed by atoms with Gasteiger partial charge in [-0.1, -0.05) is 74.4 Å². The molecule has 0 bridgehead atoms. The number of nitrogens with one attached hydrogen (secondary N) is 1. The molecule has 148 valence electrons. The number of halogens is 1. The highest BCUT2D eigenvalue weighted by atomic mass is 19.1. The summed E-state index contributed by atoms with van der Waals surface area (Å²) in [6.45, 7) is 2.90. The number of carbonyl (C=O) groups excluding carboxylic acids is 1. The summed E-state index contributed by atoms with van der Waals surface area (Å²) in [5.41, 5.74) is 3.26. The smallest absolute Gasteiger partial charge is 0.267 e. The first-order valence-electron chi connectivity index (χ1n) is 10.0. The summed E-state index contributed by atoms with van der Waals surface area (Å²) in [5, 5.41) is 9.63. The van der Waals surface area contributed by atoms with Crippen molar-refractivity contribution in [1.29, 1.82) is 0 Å². The van der Waals surface area contributed by atoms with E-state index in [1.165, 1.54) is 5.56 Å². The third-order valence-electron chi connectivity index (χ3n) is 5.03. The zero-order chi connectivity index (χ0) is 19.8. The molecule has 0 saturated heterocycles. The van der Waals surface area contributed by atoms with Crippen molar-refractivity contribution in [2.75, 3.05) is 6.54 Å². The first kappa shape index (κ1) is 20.1. The molecule has 0 fully saturated rings. The Morgan fingerprint density at radius 2 is 1.93 bits per heavy atom. The van der Waals surface area contributed by atoms with Gasteiger partial charge in [-0.2, -0.15) is 5.10 Å². The topological polar surface area (TPSA) is 44.7 Å². The predicted octanol–water partition coefficient (Wildman–Crippen LogP) is 4.77. The highest BCUT2D eigenvalue weighted by molar-refractivity contribution is 6.39. The molecular formula is C23H28FN3O. The molecule has 1 heterocycles. The van der Waals surface area contributed by atoms with Gasteiger partial charge in [-0.15, -0.1) is 0 Å². The number of hydrogen-bond acceptors (Lipinski definition) is 3. The molecule has 1 atom stereocenters. The Morgan fingerprint density at radius 1 is 1.14 bits per heavy atom. The Balaban J connectivity index is 1.65. The summed E-state index contributed by atoms with van der Waals surface area (Å²) >= 11 is 0. The molecule has 0 aliphatic carbocycles. The van der Waals surface area contributed by atoms with Crippen LogP contribution in [0, 0.1) is 0 Å². The summed E-state index contributed by atoms with van der Waals surface area (Å²) < 4.78 is 12.8. The normalized spacial score (nSPS) is 16.1. The van der Waals surface area contributed by atoms with E-state index in [-0.39, 0.29) is 11.9 Å². The summed E-state index contributed by atoms with van der Waals surface area (Å²) in [4.78, 5) is 12.7. The van der Waals surface area contributed by atoms with E-state index in [1.807, 2.05) is 30.3 Å². The number of benzene rings is 2. The van der Waals surface area contributed by atoms with Gasteiger partial charge in [0.15, 0.2) is 0 Å². The van der Waals surface area contributed by atoms with Crippen molar-refractivity contribution in [3.8, 4) is 0 Å². The van der Waals surface area contributed by atoms with Crippen LogP contribution < -0.4 is 5.32 Å². The zero-order valence-corrected chi connectivity index (χ0v) is 16.4. The van der Waals surface area contributed by atoms with Crippen LogP contribution in [0.2, 0.25) is 0 Å². The summed E-state index contributed by atoms with van der Waals surface area (Å²) in [7, 11) is 0. The van der Waals surface area contributed by atoms with Crippen molar-refractivity contribution in [2.24, 2.45) is 5.10 Å². The van der Waals surface area contributed by atoms with Gasteiger partial charge in [0.2, 0.25) is 0 Å². The first-order valence-corrected chi connectivity index (χ1v) is 10.0. The lowest BCUT2D eigenvalue weighted by Gasteiger charge is -2.23. The summed E-state index contributed by atoms with van der Waals surface area (Å²) in [5.74, 6) is -0.149. The predicted molar refractivity (Wildman–Crippen MR) is 111 cm³/mol. The van der Waals surface area contributed by atoms with Gasteiger partial charge in [0, 0.05) is 19.5 Å². The minimum absolute atomic E-state index is 0.105. The molecule has 4 nitrogen and oxygen atoms in total. The van der Waals surface area contributed by atoms with Crippen LogP contribution >= 0.6 is 0 Å². The monoisotopic (exact) mass is 381 g/mol. The molecular weight excluding hydrogens is 353 g/mol. The van der Waals surface area contributed by atoms with E-state index in [0.29, 0.717) is 24.2 Å². The fraction of sp³-hybridized carbons (Fsp3) is 0.391. The van der Waals surface area contributed by atoms with Crippen LogP contribution in [0.5, 0.6) is 0 Å². The highest BCUT2D eigenvalue weighted by Crippen LogP contribution is 2.30. The maximum atomic E-state index is 12.8. The van der Waals surface area contributed by atoms with Crippen LogP contribution in [0.3, 0.4) is 0 Å². The van der Waals surface area contributed by atoms with Gasteiger partial charge in [-0.25, -0.2) is 4.39 Å². The maximum Gasteiger partial charge on any atom is 0.267 e. The third kappa shape index (κ3) is 5.18. The Hall–Kier alpha value is -2.69. The number of carbonyl (C=O) groups is 1. The van der Waals surface area contributed by atoms with Crippen molar-refractivity contribution >= 4 is 11.6 Å². The van der Waals surface area contributed by atoms with Crippen molar-refractivity contribution in [3.05, 3.63) is 71.3 Å². The van der Waals surface area contributed by atoms with Gasteiger partial charge >= 0.3 is 0 Å². The molecule has 0 aromatic heterocycles. The Bertz CT molecular complexity index is 807. The van der Waals surface area contributed by atoms with E-state index in [4.69, 9.17) is 0 Å². The van der Waals surface area contributed by atoms with Crippen LogP contribution in [0.25, 0.3) is 0 Å². The zero-order valence-electron chi connectivity index (χ0n) is 16.4. The number of alkyl halides is 1. The number of hydrogen-bond donors (Lipinski definition) is 1. The van der Waals surface area contributed by atoms with Gasteiger partial charge < -0.3 is 5.32 Å². The summed E-state index contributed by atoms with van der Waals surface area (Å²) in [6, 6.07) is 17.6. The van der Waals surface area contributed by atoms with E-state index in [2.05, 4.69) is 34.5 Å². The lowest BCUT2D eigenvalue weighted by Crippen LogP contribution is -2.29. The van der Waals surface area contributed by atoms with Gasteiger partial charge in [0.25, 0.3) is 5.91 Å². The lowest BCUT2D eigenvalue weighted by atomic mass is 10.0. The second kappa shape index (κ2) is 10.0. The Morgan fingerprint density at radius 3 is 2.68 bits per heavy atom. The lowest BCUT2D eigenvalue weighted by molar-refractivity contribution is -0.115. The fourth-order valence-electron chi connectivity index (χ4n) is 3.49. The SMILES string of the molecule is CCCCCN1N=C(C(=O)NCc2cccc(CF)c2)CC1c1ccccc1. The molecule has 0 radical (unpaired) electrons. The Labute approximate surface area is 166 Å². The number of hydrazone groups is 1. The largest absolute Gasteiger partial charge is 0.347 e. The first-order chi connectivity index (χ1) is 13.7. The molecule has 1 amide bonds. The molecule has 1 aliphatic heterocycles. The van der Waals surface area contributed by atoms with Crippen molar-refractivity contribution in [3.63, 3.8) is 0 Å². The van der Waals surface area contributed by atoms with E-state index in [1.54, 1.807) is 12.1 Å². The van der Waals surface area contributed by atoms with Crippen LogP contribution in [-0.4, -0.2) is 23.2 Å². The molecule has 0 saturated carbocycles. The fourth-order valence-corrected chi connectivity index (χ4v) is 3.49. The second-order valence-electron chi connectivity index (χ2n) is 7.18. The van der Waals surface area contributed by atoms with Gasteiger partial charge in [0.05, 0.1) is 6.04 Å². The Kier molecular flexibility index (Phi) is 7.18. The van der Waals surface area contributed by atoms with E-state index >= 15 is 0 Å². The molecule has 3 rings (SSSR count). The van der Waals surface area contributed by atoms with E-state index in [0.717, 1.165) is 31.4 Å². The van der Waals surface area contributed by atoms with Crippen LogP contribution in [0.4, 0.5) is 4.39 Å². The average Bonchev–Trinajstić information content (AvgIpc) is 3.17. The van der Waals surface area contributed by atoms with Gasteiger partial charge in [-0.05, 0) is 23.1 Å². The van der Waals surface area contributed by atoms with Gasteiger partial charge in [-0.3, -0.25) is 9.80 Å². The number of unbranched alkanes of at least 4 members (excludes halogenated alkanes) is 2. The maximum absolute atomic E-state index is 12.8. The standard InChI is InChI=1S/C23H28FN3O/c1-2-3-7-13-27-22(20-11-5-4-6-12-20)15-21(26-27)23(28)25-17-19-10-8-9-18(14-19)16-24/h4-6,8-12,14,22H,2-3,7,13,15-17H2,1H3,(H,25,28). The number of nitrogens with zero attached hydrogens (tertiary/aromatic N) is 2. The average molecular weight is 381 g/mol. The minimum Gasteiger partial charge on any atom is -0.347 e. The molecule has 1 aliphatic rings.